The fourth-order valence-corrected chi connectivity index (χ4v) is 2.45. The van der Waals surface area contributed by atoms with Gasteiger partial charge >= 0.3 is 10.4 Å². The number of unbranched alkanes of at least 4 members (excludes halogenated alkanes) is 1. The highest BCUT2D eigenvalue weighted by molar-refractivity contribution is 7.80. The summed E-state index contributed by atoms with van der Waals surface area (Å²) in [5, 5.41) is 0. The third-order valence-corrected chi connectivity index (χ3v) is 3.50. The van der Waals surface area contributed by atoms with Crippen LogP contribution in [0.25, 0.3) is 0 Å². The maximum absolute atomic E-state index is 10.5. The van der Waals surface area contributed by atoms with Crippen LogP contribution in [-0.4, -0.2) is 38.6 Å². The molecule has 0 saturated carbocycles. The van der Waals surface area contributed by atoms with Gasteiger partial charge in [-0.15, -0.1) is 0 Å². The maximum atomic E-state index is 10.5. The molecule has 1 rings (SSSR count). The zero-order valence-electron chi connectivity index (χ0n) is 10.9. The smallest absolute Gasteiger partial charge is 0.350 e. The van der Waals surface area contributed by atoms with Crippen LogP contribution < -0.4 is 0 Å². The first-order chi connectivity index (χ1) is 8.46. The van der Waals surface area contributed by atoms with Crippen LogP contribution in [-0.2, 0) is 24.1 Å². The molecule has 1 fully saturated rings. The van der Waals surface area contributed by atoms with E-state index in [0.29, 0.717) is 5.92 Å². The molecule has 0 spiro atoms. The fourth-order valence-electron chi connectivity index (χ4n) is 2.00. The Balaban J connectivity index is 2.37. The number of hydrogen-bond acceptors (Lipinski definition) is 5. The third kappa shape index (κ3) is 5.62. The molecule has 1 N–H and O–H groups in total. The fraction of sp³-hybridized carbons (Fsp3) is 1.00. The summed E-state index contributed by atoms with van der Waals surface area (Å²) in [5.74, 6) is 0.316. The minimum atomic E-state index is -4.44. The van der Waals surface area contributed by atoms with Gasteiger partial charge in [0.15, 0.2) is 6.29 Å². The molecule has 0 radical (unpaired) electrons. The minimum absolute atomic E-state index is 0.118. The molecule has 1 aliphatic heterocycles. The molecule has 108 valence electrons. The lowest BCUT2D eigenvalue weighted by Gasteiger charge is -2.33. The summed E-state index contributed by atoms with van der Waals surface area (Å²) in [6.45, 7) is 4.44. The Hall–Kier alpha value is -0.210. The van der Waals surface area contributed by atoms with Gasteiger partial charge in [0.25, 0.3) is 0 Å². The van der Waals surface area contributed by atoms with Crippen LogP contribution in [0.4, 0.5) is 0 Å². The van der Waals surface area contributed by atoms with Gasteiger partial charge in [-0.3, -0.25) is 4.55 Å². The van der Waals surface area contributed by atoms with Crippen molar-refractivity contribution in [3.05, 3.63) is 0 Å². The summed E-state index contributed by atoms with van der Waals surface area (Å²) in [4.78, 5) is 0. The van der Waals surface area contributed by atoms with Gasteiger partial charge in [0.05, 0.1) is 13.2 Å². The zero-order valence-corrected chi connectivity index (χ0v) is 11.7. The summed E-state index contributed by atoms with van der Waals surface area (Å²) < 4.78 is 44.9. The van der Waals surface area contributed by atoms with E-state index < -0.39 is 16.5 Å². The summed E-state index contributed by atoms with van der Waals surface area (Å²) >= 11 is 0. The van der Waals surface area contributed by atoms with Crippen molar-refractivity contribution in [3.63, 3.8) is 0 Å². The Morgan fingerprint density at radius 2 is 1.94 bits per heavy atom. The molecule has 6 nitrogen and oxygen atoms in total. The van der Waals surface area contributed by atoms with Gasteiger partial charge in [-0.25, -0.2) is 4.18 Å². The second kappa shape index (κ2) is 7.40. The quantitative estimate of drug-likeness (QED) is 0.717. The van der Waals surface area contributed by atoms with Crippen molar-refractivity contribution in [2.24, 2.45) is 5.92 Å². The Labute approximate surface area is 109 Å². The lowest BCUT2D eigenvalue weighted by atomic mass is 9.98. The van der Waals surface area contributed by atoms with Crippen LogP contribution >= 0.6 is 0 Å². The first-order valence-corrected chi connectivity index (χ1v) is 7.71. The molecule has 1 atom stereocenters. The lowest BCUT2D eigenvalue weighted by Crippen LogP contribution is -2.41. The largest absolute Gasteiger partial charge is 0.397 e. The van der Waals surface area contributed by atoms with E-state index in [1.54, 1.807) is 0 Å². The molecular formula is C11H22O6S. The van der Waals surface area contributed by atoms with E-state index >= 15 is 0 Å². The third-order valence-electron chi connectivity index (χ3n) is 2.99. The standard InChI is InChI=1S/C11H22O6S/c1-3-5-6-9(4-2)11-15-7-10(8-16-11)17-18(12,13)14/h9-11H,3-8H2,1-2H3,(H,12,13,14). The van der Waals surface area contributed by atoms with E-state index in [0.717, 1.165) is 25.7 Å². The molecule has 1 saturated heterocycles. The molecule has 18 heavy (non-hydrogen) atoms. The average Bonchev–Trinajstić information content (AvgIpc) is 2.30. The van der Waals surface area contributed by atoms with Crippen molar-refractivity contribution in [1.82, 2.24) is 0 Å². The van der Waals surface area contributed by atoms with Crippen LogP contribution in [0.2, 0.25) is 0 Å². The molecule has 1 aliphatic rings. The minimum Gasteiger partial charge on any atom is -0.350 e. The summed E-state index contributed by atoms with van der Waals surface area (Å²) in [6, 6.07) is 0. The molecule has 0 aromatic rings. The van der Waals surface area contributed by atoms with Crippen molar-refractivity contribution in [2.45, 2.75) is 51.9 Å². The van der Waals surface area contributed by atoms with Crippen molar-refractivity contribution in [2.75, 3.05) is 13.2 Å². The van der Waals surface area contributed by atoms with Crippen LogP contribution in [0.3, 0.4) is 0 Å². The van der Waals surface area contributed by atoms with Gasteiger partial charge in [0.1, 0.15) is 6.10 Å². The highest BCUT2D eigenvalue weighted by atomic mass is 32.3. The topological polar surface area (TPSA) is 82.1 Å². The molecule has 1 heterocycles. The first-order valence-electron chi connectivity index (χ1n) is 6.35. The van der Waals surface area contributed by atoms with Crippen molar-refractivity contribution in [3.8, 4) is 0 Å². The highest BCUT2D eigenvalue weighted by Gasteiger charge is 2.30. The van der Waals surface area contributed by atoms with Gasteiger partial charge in [-0.1, -0.05) is 26.7 Å². The Kier molecular flexibility index (Phi) is 6.51. The number of hydrogen-bond donors (Lipinski definition) is 1. The Bertz CT molecular complexity index is 320. The number of ether oxygens (including phenoxy) is 2. The average molecular weight is 282 g/mol. The number of rotatable bonds is 7. The summed E-state index contributed by atoms with van der Waals surface area (Å²) in [7, 11) is -4.44. The van der Waals surface area contributed by atoms with E-state index in [-0.39, 0.29) is 19.5 Å². The second-order valence-electron chi connectivity index (χ2n) is 4.49. The Morgan fingerprint density at radius 3 is 2.39 bits per heavy atom. The van der Waals surface area contributed by atoms with Gasteiger partial charge in [0.2, 0.25) is 0 Å². The van der Waals surface area contributed by atoms with E-state index in [1.165, 1.54) is 0 Å². The molecule has 1 unspecified atom stereocenters. The lowest BCUT2D eigenvalue weighted by molar-refractivity contribution is -0.234. The predicted molar refractivity (Wildman–Crippen MR) is 65.4 cm³/mol. The van der Waals surface area contributed by atoms with Gasteiger partial charge in [0, 0.05) is 5.92 Å². The summed E-state index contributed by atoms with van der Waals surface area (Å²) in [6.07, 6.45) is 3.16. The Morgan fingerprint density at radius 1 is 1.33 bits per heavy atom. The molecule has 7 heteroatoms. The van der Waals surface area contributed by atoms with E-state index in [2.05, 4.69) is 18.0 Å². The first kappa shape index (κ1) is 15.8. The molecule has 0 aromatic heterocycles. The van der Waals surface area contributed by atoms with Gasteiger partial charge < -0.3 is 9.47 Å². The SMILES string of the molecule is CCCCC(CC)C1OCC(OS(=O)(=O)O)CO1. The predicted octanol–water partition coefficient (Wildman–Crippen LogP) is 1.76. The van der Waals surface area contributed by atoms with E-state index in [9.17, 15) is 8.42 Å². The van der Waals surface area contributed by atoms with Crippen molar-refractivity contribution >= 4 is 10.4 Å². The molecule has 0 aromatic carbocycles. The maximum Gasteiger partial charge on any atom is 0.397 e. The van der Waals surface area contributed by atoms with Crippen molar-refractivity contribution < 1.29 is 26.6 Å². The second-order valence-corrected chi connectivity index (χ2v) is 5.54. The van der Waals surface area contributed by atoms with Crippen LogP contribution in [0.1, 0.15) is 39.5 Å². The molecule has 0 aliphatic carbocycles. The summed E-state index contributed by atoms with van der Waals surface area (Å²) in [5.41, 5.74) is 0. The van der Waals surface area contributed by atoms with E-state index in [1.807, 2.05) is 0 Å². The zero-order chi connectivity index (χ0) is 13.6. The van der Waals surface area contributed by atoms with E-state index in [4.69, 9.17) is 14.0 Å². The molecule has 0 amide bonds. The van der Waals surface area contributed by atoms with Gasteiger partial charge in [-0.2, -0.15) is 8.42 Å². The van der Waals surface area contributed by atoms with Crippen molar-refractivity contribution in [1.29, 1.82) is 0 Å². The van der Waals surface area contributed by atoms with Crippen LogP contribution in [0.15, 0.2) is 0 Å². The molecule has 0 bridgehead atoms. The van der Waals surface area contributed by atoms with Crippen LogP contribution in [0, 0.1) is 5.92 Å². The van der Waals surface area contributed by atoms with Gasteiger partial charge in [-0.05, 0) is 12.8 Å². The van der Waals surface area contributed by atoms with Crippen LogP contribution in [0.5, 0.6) is 0 Å². The monoisotopic (exact) mass is 282 g/mol. The molecular weight excluding hydrogens is 260 g/mol. The normalized spacial score (nSPS) is 27.1. The highest BCUT2D eigenvalue weighted by Crippen LogP contribution is 2.24.